The fourth-order valence-electron chi connectivity index (χ4n) is 4.79. The molecule has 3 aromatic rings. The highest BCUT2D eigenvalue weighted by molar-refractivity contribution is 7.97. The van der Waals surface area contributed by atoms with E-state index in [1.807, 2.05) is 24.3 Å². The molecular weight excluding hydrogens is 466 g/mol. The maximum atomic E-state index is 14.7. The molecule has 35 heavy (non-hydrogen) atoms. The van der Waals surface area contributed by atoms with Crippen molar-refractivity contribution in [2.45, 2.75) is 24.8 Å². The first-order valence-corrected chi connectivity index (χ1v) is 13.1. The van der Waals surface area contributed by atoms with Gasteiger partial charge in [-0.1, -0.05) is 54.4 Å². The normalized spacial score (nSPS) is 17.0. The van der Waals surface area contributed by atoms with E-state index >= 15 is 0 Å². The van der Waals surface area contributed by atoms with Gasteiger partial charge in [-0.15, -0.1) is 0 Å². The van der Waals surface area contributed by atoms with E-state index < -0.39 is 11.7 Å². The van der Waals surface area contributed by atoms with Gasteiger partial charge in [0.25, 0.3) is 5.91 Å². The summed E-state index contributed by atoms with van der Waals surface area (Å²) >= 11 is 1.15. The Balaban J connectivity index is 1.27. The number of hydrogen-bond donors (Lipinski definition) is 1. The van der Waals surface area contributed by atoms with Gasteiger partial charge in [0.2, 0.25) is 0 Å². The fraction of sp³-hybridized carbons (Fsp3) is 0.321. The SMILES string of the molecule is CSNC(=O)c1cc(C2CC2)c(OCC2CN(C(c3ccccc3)c3cccc(F)c3)C2)cc1F. The summed E-state index contributed by atoms with van der Waals surface area (Å²) in [7, 11) is 0. The van der Waals surface area contributed by atoms with E-state index in [4.69, 9.17) is 4.74 Å². The highest BCUT2D eigenvalue weighted by Crippen LogP contribution is 2.45. The summed E-state index contributed by atoms with van der Waals surface area (Å²) in [5.41, 5.74) is 3.02. The molecule has 1 saturated carbocycles. The van der Waals surface area contributed by atoms with E-state index in [2.05, 4.69) is 21.8 Å². The number of nitrogens with one attached hydrogen (secondary N) is 1. The lowest BCUT2D eigenvalue weighted by molar-refractivity contribution is 0.0375. The number of likely N-dealkylation sites (tertiary alicyclic amines) is 1. The Bertz CT molecular complexity index is 1200. The molecule has 2 aliphatic rings. The van der Waals surface area contributed by atoms with Gasteiger partial charge < -0.3 is 4.74 Å². The van der Waals surface area contributed by atoms with Crippen molar-refractivity contribution in [2.75, 3.05) is 26.0 Å². The molecule has 0 spiro atoms. The van der Waals surface area contributed by atoms with Crippen molar-refractivity contribution >= 4 is 17.9 Å². The molecule has 1 amide bonds. The molecule has 1 atom stereocenters. The van der Waals surface area contributed by atoms with Gasteiger partial charge in [0, 0.05) is 31.3 Å². The van der Waals surface area contributed by atoms with Gasteiger partial charge in [0.15, 0.2) is 0 Å². The first-order chi connectivity index (χ1) is 17.0. The van der Waals surface area contributed by atoms with Gasteiger partial charge in [0.05, 0.1) is 18.2 Å². The third-order valence-electron chi connectivity index (χ3n) is 6.66. The lowest BCUT2D eigenvalue weighted by atomic mass is 9.90. The summed E-state index contributed by atoms with van der Waals surface area (Å²) in [6.45, 7) is 2.06. The van der Waals surface area contributed by atoms with Crippen molar-refractivity contribution in [3.05, 3.63) is 101 Å². The molecule has 1 heterocycles. The monoisotopic (exact) mass is 494 g/mol. The highest BCUT2D eigenvalue weighted by Gasteiger charge is 2.35. The van der Waals surface area contributed by atoms with E-state index in [0.717, 1.165) is 54.6 Å². The smallest absolute Gasteiger partial charge is 0.264 e. The van der Waals surface area contributed by atoms with E-state index in [9.17, 15) is 13.6 Å². The molecule has 1 aliphatic heterocycles. The Morgan fingerprint density at radius 3 is 2.49 bits per heavy atom. The van der Waals surface area contributed by atoms with Gasteiger partial charge in [-0.2, -0.15) is 0 Å². The summed E-state index contributed by atoms with van der Waals surface area (Å²) < 4.78 is 37.4. The molecule has 1 aliphatic carbocycles. The van der Waals surface area contributed by atoms with E-state index in [0.29, 0.717) is 18.3 Å². The van der Waals surface area contributed by atoms with E-state index in [-0.39, 0.29) is 23.3 Å². The van der Waals surface area contributed by atoms with Gasteiger partial charge in [-0.3, -0.25) is 14.4 Å². The molecule has 182 valence electrons. The van der Waals surface area contributed by atoms with Gasteiger partial charge in [-0.25, -0.2) is 8.78 Å². The zero-order valence-corrected chi connectivity index (χ0v) is 20.4. The number of hydrogen-bond acceptors (Lipinski definition) is 4. The number of rotatable bonds is 9. The number of carbonyl (C=O) groups is 1. The van der Waals surface area contributed by atoms with Crippen molar-refractivity contribution in [1.29, 1.82) is 0 Å². The number of halogens is 2. The first kappa shape index (κ1) is 23.8. The second kappa shape index (κ2) is 10.4. The molecule has 1 unspecified atom stereocenters. The molecule has 1 N–H and O–H groups in total. The number of benzene rings is 3. The summed E-state index contributed by atoms with van der Waals surface area (Å²) in [5.74, 6) is -0.102. The van der Waals surface area contributed by atoms with E-state index in [1.165, 1.54) is 12.1 Å². The van der Waals surface area contributed by atoms with Crippen LogP contribution in [-0.2, 0) is 0 Å². The molecule has 0 radical (unpaired) electrons. The summed E-state index contributed by atoms with van der Waals surface area (Å²) in [6.07, 6.45) is 3.78. The van der Waals surface area contributed by atoms with Crippen LogP contribution in [0, 0.1) is 17.6 Å². The quantitative estimate of drug-likeness (QED) is 0.373. The predicted molar refractivity (Wildman–Crippen MR) is 135 cm³/mol. The Kier molecular flexibility index (Phi) is 7.07. The van der Waals surface area contributed by atoms with Crippen molar-refractivity contribution in [3.63, 3.8) is 0 Å². The van der Waals surface area contributed by atoms with Crippen LogP contribution in [0.3, 0.4) is 0 Å². The van der Waals surface area contributed by atoms with Crippen LogP contribution < -0.4 is 9.46 Å². The van der Waals surface area contributed by atoms with Crippen LogP contribution in [0.1, 0.15) is 51.8 Å². The minimum Gasteiger partial charge on any atom is -0.493 e. The second-order valence-corrected chi connectivity index (χ2v) is 9.89. The summed E-state index contributed by atoms with van der Waals surface area (Å²) in [4.78, 5) is 14.5. The Morgan fingerprint density at radius 1 is 1.06 bits per heavy atom. The first-order valence-electron chi connectivity index (χ1n) is 11.9. The average molecular weight is 495 g/mol. The summed E-state index contributed by atoms with van der Waals surface area (Å²) in [5, 5.41) is 0. The number of amides is 1. The van der Waals surface area contributed by atoms with Gasteiger partial charge >= 0.3 is 0 Å². The minimum absolute atomic E-state index is 0.0307. The van der Waals surface area contributed by atoms with Crippen LogP contribution in [0.4, 0.5) is 8.78 Å². The standard InChI is InChI=1S/C28H28F2N2O2S/c1-35-31-28(33)24-13-23(19-10-11-19)26(14-25(24)30)34-17-18-15-32(16-18)27(20-6-3-2-4-7-20)21-8-5-9-22(29)12-21/h2-9,12-14,18-19,27H,10-11,15-17H2,1H3,(H,31,33). The fourth-order valence-corrected chi connectivity index (χ4v) is 5.09. The Morgan fingerprint density at radius 2 is 1.80 bits per heavy atom. The summed E-state index contributed by atoms with van der Waals surface area (Å²) in [6, 6.07) is 19.9. The van der Waals surface area contributed by atoms with Crippen LogP contribution in [-0.4, -0.2) is 36.8 Å². The van der Waals surface area contributed by atoms with Crippen LogP contribution in [0.15, 0.2) is 66.7 Å². The van der Waals surface area contributed by atoms with Crippen LogP contribution in [0.2, 0.25) is 0 Å². The second-order valence-electron chi connectivity index (χ2n) is 9.28. The van der Waals surface area contributed by atoms with Crippen LogP contribution in [0.5, 0.6) is 5.75 Å². The van der Waals surface area contributed by atoms with Crippen LogP contribution in [0.25, 0.3) is 0 Å². The topological polar surface area (TPSA) is 41.6 Å². The highest BCUT2D eigenvalue weighted by atomic mass is 32.2. The van der Waals surface area contributed by atoms with Crippen molar-refractivity contribution in [2.24, 2.45) is 5.92 Å². The van der Waals surface area contributed by atoms with Crippen molar-refractivity contribution < 1.29 is 18.3 Å². The lowest BCUT2D eigenvalue weighted by Gasteiger charge is -2.44. The zero-order valence-electron chi connectivity index (χ0n) is 19.5. The molecule has 7 heteroatoms. The maximum absolute atomic E-state index is 14.7. The van der Waals surface area contributed by atoms with Gasteiger partial charge in [-0.05, 0) is 53.6 Å². The third kappa shape index (κ3) is 5.36. The number of nitrogens with zero attached hydrogens (tertiary/aromatic N) is 1. The van der Waals surface area contributed by atoms with Gasteiger partial charge in [0.1, 0.15) is 17.4 Å². The number of carbonyl (C=O) groups excluding carboxylic acids is 1. The lowest BCUT2D eigenvalue weighted by Crippen LogP contribution is -2.51. The molecule has 5 rings (SSSR count). The molecule has 3 aromatic carbocycles. The minimum atomic E-state index is -0.568. The molecule has 0 aromatic heterocycles. The molecule has 1 saturated heterocycles. The predicted octanol–water partition coefficient (Wildman–Crippen LogP) is 5.95. The van der Waals surface area contributed by atoms with Crippen LogP contribution >= 0.6 is 11.9 Å². The van der Waals surface area contributed by atoms with Crippen molar-refractivity contribution in [1.82, 2.24) is 9.62 Å². The van der Waals surface area contributed by atoms with E-state index in [1.54, 1.807) is 24.5 Å². The average Bonchev–Trinajstić information content (AvgIpc) is 3.66. The molecular formula is C28H28F2N2O2S. The number of ether oxygens (including phenoxy) is 1. The Labute approximate surface area is 208 Å². The largest absolute Gasteiger partial charge is 0.493 e. The zero-order chi connectivity index (χ0) is 24.4. The molecule has 0 bridgehead atoms. The molecule has 4 nitrogen and oxygen atoms in total. The Hall–Kier alpha value is -2.90. The maximum Gasteiger partial charge on any atom is 0.264 e. The third-order valence-corrected chi connectivity index (χ3v) is 7.05. The molecule has 2 fully saturated rings. The van der Waals surface area contributed by atoms with Crippen molar-refractivity contribution in [3.8, 4) is 5.75 Å².